The Labute approximate surface area is 152 Å². The van der Waals surface area contributed by atoms with Crippen molar-refractivity contribution in [2.45, 2.75) is 12.3 Å². The number of aromatic nitrogens is 1. The lowest BCUT2D eigenvalue weighted by Gasteiger charge is -2.11. The van der Waals surface area contributed by atoms with Gasteiger partial charge in [-0.1, -0.05) is 60.7 Å². The molecule has 4 nitrogen and oxygen atoms in total. The molecule has 3 aromatic rings. The van der Waals surface area contributed by atoms with Crippen molar-refractivity contribution in [2.75, 3.05) is 7.11 Å². The van der Waals surface area contributed by atoms with Gasteiger partial charge in [-0.2, -0.15) is 0 Å². The highest BCUT2D eigenvalue weighted by molar-refractivity contribution is 6.33. The van der Waals surface area contributed by atoms with Crippen molar-refractivity contribution in [3.8, 4) is 0 Å². The normalized spacial score (nSPS) is 12.4. The number of hydrogen-bond donors (Lipinski definition) is 0. The predicted octanol–water partition coefficient (Wildman–Crippen LogP) is 4.11. The van der Waals surface area contributed by atoms with Gasteiger partial charge in [0.15, 0.2) is 0 Å². The molecular formula is C22H21NO3. The number of ketones is 1. The fourth-order valence-electron chi connectivity index (χ4n) is 3.14. The number of rotatable bonds is 6. The van der Waals surface area contributed by atoms with Crippen molar-refractivity contribution in [3.63, 3.8) is 0 Å². The molecule has 132 valence electrons. The maximum atomic E-state index is 12.2. The number of hydrogen-bond acceptors (Lipinski definition) is 3. The van der Waals surface area contributed by atoms with Crippen molar-refractivity contribution in [1.29, 1.82) is 0 Å². The van der Waals surface area contributed by atoms with Crippen LogP contribution < -0.4 is 0 Å². The first kappa shape index (κ1) is 17.7. The van der Waals surface area contributed by atoms with Gasteiger partial charge < -0.3 is 9.30 Å². The molecule has 0 saturated heterocycles. The number of esters is 1. The molecule has 0 spiro atoms. The van der Waals surface area contributed by atoms with Crippen LogP contribution in [0.25, 0.3) is 17.0 Å². The molecule has 0 aliphatic rings. The molecule has 0 bridgehead atoms. The van der Waals surface area contributed by atoms with Gasteiger partial charge in [-0.3, -0.25) is 4.79 Å². The number of carbonyl (C=O) groups excluding carboxylic acids is 2. The van der Waals surface area contributed by atoms with Gasteiger partial charge in [0, 0.05) is 36.5 Å². The van der Waals surface area contributed by atoms with Gasteiger partial charge in [-0.05, 0) is 17.2 Å². The number of aryl methyl sites for hydroxylation is 1. The van der Waals surface area contributed by atoms with Crippen LogP contribution in [0.3, 0.4) is 0 Å². The molecule has 1 atom stereocenters. The number of carbonyl (C=O) groups is 2. The van der Waals surface area contributed by atoms with Gasteiger partial charge in [0.2, 0.25) is 5.78 Å². The Kier molecular flexibility index (Phi) is 5.32. The Bertz CT molecular complexity index is 954. The van der Waals surface area contributed by atoms with Crippen LogP contribution in [0.15, 0.2) is 66.9 Å². The van der Waals surface area contributed by atoms with Crippen LogP contribution >= 0.6 is 0 Å². The summed E-state index contributed by atoms with van der Waals surface area (Å²) in [5.74, 6) is -1.54. The Morgan fingerprint density at radius 2 is 1.77 bits per heavy atom. The van der Waals surface area contributed by atoms with Crippen LogP contribution in [0.5, 0.6) is 0 Å². The SMILES string of the molecule is COC(=O)C(=O)C[C@H](/C=C/c1ccccc1)c1cn(C)c2ccccc12. The molecule has 0 saturated carbocycles. The zero-order valence-electron chi connectivity index (χ0n) is 14.9. The van der Waals surface area contributed by atoms with E-state index < -0.39 is 11.8 Å². The fraction of sp³-hybridized carbons (Fsp3) is 0.182. The number of fused-ring (bicyclic) bond motifs is 1. The van der Waals surface area contributed by atoms with Gasteiger partial charge in [0.05, 0.1) is 7.11 Å². The molecule has 0 amide bonds. The molecule has 0 aliphatic heterocycles. The largest absolute Gasteiger partial charge is 0.463 e. The standard InChI is InChI=1S/C22H21NO3/c1-23-15-19(18-10-6-7-11-20(18)23)17(14-21(24)22(25)26-2)13-12-16-8-4-3-5-9-16/h3-13,15,17H,14H2,1-2H3/b13-12+/t17-/m0/s1. The zero-order chi connectivity index (χ0) is 18.5. The van der Waals surface area contributed by atoms with Gasteiger partial charge in [-0.25, -0.2) is 4.79 Å². The topological polar surface area (TPSA) is 48.3 Å². The van der Waals surface area contributed by atoms with Crippen LogP contribution in [-0.2, 0) is 21.4 Å². The summed E-state index contributed by atoms with van der Waals surface area (Å²) >= 11 is 0. The first-order valence-electron chi connectivity index (χ1n) is 8.48. The maximum Gasteiger partial charge on any atom is 0.374 e. The summed E-state index contributed by atoms with van der Waals surface area (Å²) in [6.07, 6.45) is 6.06. The van der Waals surface area contributed by atoms with Crippen LogP contribution in [0.4, 0.5) is 0 Å². The van der Waals surface area contributed by atoms with Crippen molar-refractivity contribution < 1.29 is 14.3 Å². The smallest absolute Gasteiger partial charge is 0.374 e. The van der Waals surface area contributed by atoms with E-state index in [9.17, 15) is 9.59 Å². The molecule has 4 heteroatoms. The highest BCUT2D eigenvalue weighted by Gasteiger charge is 2.22. The highest BCUT2D eigenvalue weighted by atomic mass is 16.5. The van der Waals surface area contributed by atoms with Crippen molar-refractivity contribution in [1.82, 2.24) is 4.57 Å². The van der Waals surface area contributed by atoms with Gasteiger partial charge >= 0.3 is 5.97 Å². The molecular weight excluding hydrogens is 326 g/mol. The van der Waals surface area contributed by atoms with Gasteiger partial charge in [0.25, 0.3) is 0 Å². The van der Waals surface area contributed by atoms with E-state index in [1.54, 1.807) is 0 Å². The Morgan fingerprint density at radius 3 is 2.50 bits per heavy atom. The van der Waals surface area contributed by atoms with Gasteiger partial charge in [-0.15, -0.1) is 0 Å². The van der Waals surface area contributed by atoms with E-state index in [4.69, 9.17) is 0 Å². The van der Waals surface area contributed by atoms with Crippen molar-refractivity contribution >= 4 is 28.7 Å². The summed E-state index contributed by atoms with van der Waals surface area (Å²) < 4.78 is 6.62. The summed E-state index contributed by atoms with van der Waals surface area (Å²) in [6, 6.07) is 17.9. The lowest BCUT2D eigenvalue weighted by atomic mass is 9.92. The number of allylic oxidation sites excluding steroid dienone is 1. The fourth-order valence-corrected chi connectivity index (χ4v) is 3.14. The molecule has 2 aromatic carbocycles. The second-order valence-corrected chi connectivity index (χ2v) is 6.21. The second kappa shape index (κ2) is 7.83. The molecule has 1 aromatic heterocycles. The Balaban J connectivity index is 2.00. The summed E-state index contributed by atoms with van der Waals surface area (Å²) in [5.41, 5.74) is 3.15. The first-order chi connectivity index (χ1) is 12.6. The molecule has 0 aliphatic carbocycles. The Morgan fingerprint density at radius 1 is 1.08 bits per heavy atom. The molecule has 3 rings (SSSR count). The summed E-state index contributed by atoms with van der Waals surface area (Å²) in [7, 11) is 3.21. The quantitative estimate of drug-likeness (QED) is 0.498. The summed E-state index contributed by atoms with van der Waals surface area (Å²) in [5, 5.41) is 1.08. The van der Waals surface area contributed by atoms with E-state index in [-0.39, 0.29) is 12.3 Å². The third kappa shape index (κ3) is 3.75. The third-order valence-electron chi connectivity index (χ3n) is 4.47. The minimum Gasteiger partial charge on any atom is -0.463 e. The molecule has 1 heterocycles. The van der Waals surface area contributed by atoms with E-state index in [0.717, 1.165) is 22.0 Å². The van der Waals surface area contributed by atoms with Crippen LogP contribution in [0.2, 0.25) is 0 Å². The predicted molar refractivity (Wildman–Crippen MR) is 103 cm³/mol. The highest BCUT2D eigenvalue weighted by Crippen LogP contribution is 2.31. The zero-order valence-corrected chi connectivity index (χ0v) is 14.9. The van der Waals surface area contributed by atoms with Gasteiger partial charge in [0.1, 0.15) is 0 Å². The van der Waals surface area contributed by atoms with E-state index >= 15 is 0 Å². The van der Waals surface area contributed by atoms with E-state index in [1.807, 2.05) is 84.6 Å². The summed E-state index contributed by atoms with van der Waals surface area (Å²) in [6.45, 7) is 0. The van der Waals surface area contributed by atoms with Crippen LogP contribution in [-0.4, -0.2) is 23.4 Å². The number of benzene rings is 2. The van der Waals surface area contributed by atoms with E-state index in [2.05, 4.69) is 4.74 Å². The van der Waals surface area contributed by atoms with Crippen LogP contribution in [0.1, 0.15) is 23.5 Å². The van der Waals surface area contributed by atoms with Crippen molar-refractivity contribution in [3.05, 3.63) is 78.0 Å². The number of Topliss-reactive ketones (excluding diaryl/α,β-unsaturated/α-hetero) is 1. The lowest BCUT2D eigenvalue weighted by molar-refractivity contribution is -0.151. The third-order valence-corrected chi connectivity index (χ3v) is 4.47. The molecule has 0 fully saturated rings. The first-order valence-corrected chi connectivity index (χ1v) is 8.48. The average Bonchev–Trinajstić information content (AvgIpc) is 3.02. The van der Waals surface area contributed by atoms with E-state index in [0.29, 0.717) is 0 Å². The maximum absolute atomic E-state index is 12.2. The summed E-state index contributed by atoms with van der Waals surface area (Å²) in [4.78, 5) is 23.8. The molecule has 0 radical (unpaired) electrons. The second-order valence-electron chi connectivity index (χ2n) is 6.21. The van der Waals surface area contributed by atoms with Crippen molar-refractivity contribution in [2.24, 2.45) is 7.05 Å². The number of nitrogens with zero attached hydrogens (tertiary/aromatic N) is 1. The lowest BCUT2D eigenvalue weighted by Crippen LogP contribution is -2.17. The minimum absolute atomic E-state index is 0.0734. The monoisotopic (exact) mass is 347 g/mol. The minimum atomic E-state index is -0.802. The van der Waals surface area contributed by atoms with Crippen LogP contribution in [0, 0.1) is 0 Å². The molecule has 0 unspecified atom stereocenters. The number of methoxy groups -OCH3 is 1. The Hall–Kier alpha value is -3.14. The van der Waals surface area contributed by atoms with E-state index in [1.165, 1.54) is 7.11 Å². The molecule has 0 N–H and O–H groups in total. The average molecular weight is 347 g/mol. The number of para-hydroxylation sites is 1. The number of ether oxygens (including phenoxy) is 1. The molecule has 26 heavy (non-hydrogen) atoms.